The number of hydrogen-bond donors (Lipinski definition) is 2. The van der Waals surface area contributed by atoms with Crippen molar-refractivity contribution < 1.29 is 0 Å². The van der Waals surface area contributed by atoms with Crippen LogP contribution in [0.3, 0.4) is 0 Å². The Morgan fingerprint density at radius 2 is 2.04 bits per heavy atom. The van der Waals surface area contributed by atoms with Gasteiger partial charge >= 0.3 is 0 Å². The van der Waals surface area contributed by atoms with Crippen molar-refractivity contribution in [1.29, 1.82) is 0 Å². The second-order valence-corrected chi connectivity index (χ2v) is 7.75. The Balaban J connectivity index is 1.76. The molecule has 0 unspecified atom stereocenters. The van der Waals surface area contributed by atoms with Crippen LogP contribution in [0.5, 0.6) is 0 Å². The molecule has 0 amide bonds. The number of hydrogen-bond acceptors (Lipinski definition) is 3. The number of piperidine rings is 1. The Labute approximate surface area is 145 Å². The fourth-order valence-electron chi connectivity index (χ4n) is 3.04. The summed E-state index contributed by atoms with van der Waals surface area (Å²) in [5.41, 5.74) is 0. The molecule has 2 rings (SSSR count). The fraction of sp³-hybridized carbons (Fsp3) is 0.722. The molecule has 0 bridgehead atoms. The van der Waals surface area contributed by atoms with Crippen LogP contribution in [-0.2, 0) is 6.54 Å². The number of rotatable bonds is 7. The molecule has 4 nitrogen and oxygen atoms in total. The van der Waals surface area contributed by atoms with E-state index in [0.717, 1.165) is 31.5 Å². The van der Waals surface area contributed by atoms with Gasteiger partial charge in [0.05, 0.1) is 6.54 Å². The highest BCUT2D eigenvalue weighted by Gasteiger charge is 2.18. The standard InChI is InChI=1S/C18H32N4S/c1-4-10-22-11-8-16(9-12-22)13-20-18(19-5-2)21-14-17-7-6-15(3)23-17/h6-7,16H,4-5,8-14H2,1-3H3,(H2,19,20,21). The third-order valence-corrected chi connectivity index (χ3v) is 5.32. The molecule has 0 radical (unpaired) electrons. The molecule has 5 heteroatoms. The van der Waals surface area contributed by atoms with Crippen molar-refractivity contribution in [2.75, 3.05) is 32.7 Å². The van der Waals surface area contributed by atoms with Crippen LogP contribution in [0.1, 0.15) is 42.9 Å². The van der Waals surface area contributed by atoms with Crippen molar-refractivity contribution in [2.45, 2.75) is 46.6 Å². The lowest BCUT2D eigenvalue weighted by Gasteiger charge is -2.32. The predicted octanol–water partition coefficient (Wildman–Crippen LogP) is 3.23. The van der Waals surface area contributed by atoms with Crippen LogP contribution in [0.2, 0.25) is 0 Å². The molecule has 1 fully saturated rings. The number of nitrogens with zero attached hydrogens (tertiary/aromatic N) is 2. The minimum absolute atomic E-state index is 0.767. The van der Waals surface area contributed by atoms with Gasteiger partial charge in [0.1, 0.15) is 0 Å². The lowest BCUT2D eigenvalue weighted by atomic mass is 9.97. The highest BCUT2D eigenvalue weighted by molar-refractivity contribution is 7.11. The van der Waals surface area contributed by atoms with Crippen LogP contribution in [-0.4, -0.2) is 43.6 Å². The summed E-state index contributed by atoms with van der Waals surface area (Å²) < 4.78 is 0. The average Bonchev–Trinajstić information content (AvgIpc) is 2.97. The highest BCUT2D eigenvalue weighted by atomic mass is 32.1. The maximum absolute atomic E-state index is 4.72. The van der Waals surface area contributed by atoms with Crippen LogP contribution in [0.25, 0.3) is 0 Å². The minimum atomic E-state index is 0.767. The first-order valence-electron chi connectivity index (χ1n) is 9.01. The smallest absolute Gasteiger partial charge is 0.191 e. The minimum Gasteiger partial charge on any atom is -0.357 e. The zero-order valence-electron chi connectivity index (χ0n) is 14.9. The van der Waals surface area contributed by atoms with Crippen LogP contribution in [0, 0.1) is 12.8 Å². The van der Waals surface area contributed by atoms with E-state index in [2.05, 4.69) is 48.4 Å². The summed E-state index contributed by atoms with van der Waals surface area (Å²) in [6, 6.07) is 4.34. The van der Waals surface area contributed by atoms with Crippen molar-refractivity contribution in [3.05, 3.63) is 21.9 Å². The number of guanidine groups is 1. The van der Waals surface area contributed by atoms with Gasteiger partial charge in [-0.2, -0.15) is 0 Å². The van der Waals surface area contributed by atoms with Gasteiger partial charge in [-0.15, -0.1) is 11.3 Å². The van der Waals surface area contributed by atoms with Gasteiger partial charge in [0.25, 0.3) is 0 Å². The van der Waals surface area contributed by atoms with E-state index < -0.39 is 0 Å². The van der Waals surface area contributed by atoms with E-state index in [1.54, 1.807) is 0 Å². The number of aryl methyl sites for hydroxylation is 1. The van der Waals surface area contributed by atoms with Crippen LogP contribution < -0.4 is 10.6 Å². The maximum atomic E-state index is 4.72. The molecule has 0 atom stereocenters. The van der Waals surface area contributed by atoms with E-state index in [9.17, 15) is 0 Å². The molecule has 1 aromatic heterocycles. The molecule has 1 saturated heterocycles. The van der Waals surface area contributed by atoms with Gasteiger partial charge in [-0.1, -0.05) is 6.92 Å². The zero-order valence-corrected chi connectivity index (χ0v) is 15.7. The summed E-state index contributed by atoms with van der Waals surface area (Å²) in [6.45, 7) is 13.0. The molecule has 1 aliphatic rings. The van der Waals surface area contributed by atoms with Crippen LogP contribution >= 0.6 is 11.3 Å². The second-order valence-electron chi connectivity index (χ2n) is 6.37. The molecule has 0 aromatic carbocycles. The largest absolute Gasteiger partial charge is 0.357 e. The molecular formula is C18H32N4S. The van der Waals surface area contributed by atoms with Gasteiger partial charge in [-0.05, 0) is 70.8 Å². The lowest BCUT2D eigenvalue weighted by Crippen LogP contribution is -2.43. The summed E-state index contributed by atoms with van der Waals surface area (Å²) in [7, 11) is 0. The third kappa shape index (κ3) is 6.51. The number of likely N-dealkylation sites (tertiary alicyclic amines) is 1. The van der Waals surface area contributed by atoms with Gasteiger partial charge in [-0.3, -0.25) is 0 Å². The third-order valence-electron chi connectivity index (χ3n) is 4.34. The van der Waals surface area contributed by atoms with Gasteiger partial charge in [0.15, 0.2) is 5.96 Å². The normalized spacial score (nSPS) is 17.4. The van der Waals surface area contributed by atoms with Gasteiger partial charge in [-0.25, -0.2) is 4.99 Å². The van der Waals surface area contributed by atoms with E-state index in [1.807, 2.05) is 11.3 Å². The van der Waals surface area contributed by atoms with Crippen molar-refractivity contribution in [3.63, 3.8) is 0 Å². The molecule has 130 valence electrons. The number of thiophene rings is 1. The number of aliphatic imine (C=N–C) groups is 1. The van der Waals surface area contributed by atoms with Gasteiger partial charge in [0, 0.05) is 22.8 Å². The number of nitrogens with one attached hydrogen (secondary N) is 2. The summed E-state index contributed by atoms with van der Waals surface area (Å²) in [4.78, 5) is 9.99. The monoisotopic (exact) mass is 336 g/mol. The van der Waals surface area contributed by atoms with Gasteiger partial charge < -0.3 is 15.5 Å². The van der Waals surface area contributed by atoms with Crippen LogP contribution in [0.15, 0.2) is 17.1 Å². The molecule has 23 heavy (non-hydrogen) atoms. The molecule has 2 heterocycles. The summed E-state index contributed by atoms with van der Waals surface area (Å²) in [5, 5.41) is 6.90. The second kappa shape index (κ2) is 9.93. The molecule has 0 aliphatic carbocycles. The topological polar surface area (TPSA) is 39.7 Å². The summed E-state index contributed by atoms with van der Waals surface area (Å²) in [5.74, 6) is 1.73. The van der Waals surface area contributed by atoms with E-state index in [1.165, 1.54) is 48.7 Å². The lowest BCUT2D eigenvalue weighted by molar-refractivity contribution is 0.185. The predicted molar refractivity (Wildman–Crippen MR) is 101 cm³/mol. The van der Waals surface area contributed by atoms with Gasteiger partial charge in [0.2, 0.25) is 0 Å². The first-order valence-corrected chi connectivity index (χ1v) is 9.82. The molecule has 2 N–H and O–H groups in total. The van der Waals surface area contributed by atoms with E-state index in [0.29, 0.717) is 0 Å². The molecule has 1 aromatic rings. The Hall–Kier alpha value is -1.07. The molecule has 1 aliphatic heterocycles. The van der Waals surface area contributed by atoms with Crippen molar-refractivity contribution in [1.82, 2.24) is 15.5 Å². The van der Waals surface area contributed by atoms with E-state index in [4.69, 9.17) is 4.99 Å². The molecular weight excluding hydrogens is 304 g/mol. The van der Waals surface area contributed by atoms with Crippen molar-refractivity contribution >= 4 is 17.3 Å². The Morgan fingerprint density at radius 3 is 2.65 bits per heavy atom. The Bertz CT molecular complexity index is 475. The molecule has 0 saturated carbocycles. The Kier molecular flexibility index (Phi) is 7.89. The SMILES string of the molecule is CCCN1CCC(CNC(=NCc2ccc(C)s2)NCC)CC1. The summed E-state index contributed by atoms with van der Waals surface area (Å²) in [6.07, 6.45) is 3.87. The summed E-state index contributed by atoms with van der Waals surface area (Å²) >= 11 is 1.83. The zero-order chi connectivity index (χ0) is 16.5. The maximum Gasteiger partial charge on any atom is 0.191 e. The fourth-order valence-corrected chi connectivity index (χ4v) is 3.86. The van der Waals surface area contributed by atoms with E-state index in [-0.39, 0.29) is 0 Å². The van der Waals surface area contributed by atoms with Crippen molar-refractivity contribution in [2.24, 2.45) is 10.9 Å². The molecule has 0 spiro atoms. The quantitative estimate of drug-likeness (QED) is 0.593. The van der Waals surface area contributed by atoms with E-state index >= 15 is 0 Å². The average molecular weight is 337 g/mol. The first-order chi connectivity index (χ1) is 11.2. The van der Waals surface area contributed by atoms with Crippen molar-refractivity contribution in [3.8, 4) is 0 Å². The Morgan fingerprint density at radius 1 is 1.26 bits per heavy atom. The first kappa shape index (κ1) is 18.3. The highest BCUT2D eigenvalue weighted by Crippen LogP contribution is 2.17. The van der Waals surface area contributed by atoms with Crippen LogP contribution in [0.4, 0.5) is 0 Å².